The van der Waals surface area contributed by atoms with Crippen LogP contribution < -0.4 is 4.84 Å². The number of rotatable bonds is 4. The van der Waals surface area contributed by atoms with Crippen LogP contribution in [0.15, 0.2) is 29.2 Å². The second-order valence-electron chi connectivity index (χ2n) is 2.86. The zero-order chi connectivity index (χ0) is 10.6. The van der Waals surface area contributed by atoms with Crippen molar-refractivity contribution in [1.82, 2.24) is 4.84 Å². The maximum atomic E-state index is 11.4. The summed E-state index contributed by atoms with van der Waals surface area (Å²) < 4.78 is 22.9. The molecule has 5 heteroatoms. The monoisotopic (exact) mass is 233 g/mol. The molecule has 0 aliphatic carbocycles. The summed E-state index contributed by atoms with van der Waals surface area (Å²) in [4.78, 5) is 2.84. The lowest BCUT2D eigenvalue weighted by atomic mass is 10.2. The largest absolute Gasteiger partial charge is 0.229 e. The molecular weight excluding hydrogens is 222 g/mol. The molecule has 14 heavy (non-hydrogen) atoms. The first-order valence-electron chi connectivity index (χ1n) is 4.25. The minimum Gasteiger partial charge on any atom is -0.229 e. The fourth-order valence-electron chi connectivity index (χ4n) is 1.06. The topological polar surface area (TPSA) is 46.2 Å². The van der Waals surface area contributed by atoms with Crippen molar-refractivity contribution in [3.63, 3.8) is 0 Å². The number of nitrogens with one attached hydrogen (secondary N) is 1. The van der Waals surface area contributed by atoms with E-state index in [2.05, 4.69) is 4.84 Å². The first-order chi connectivity index (χ1) is 6.60. The van der Waals surface area contributed by atoms with E-state index in [0.717, 1.165) is 5.56 Å². The summed E-state index contributed by atoms with van der Waals surface area (Å²) >= 11 is 5.32. The van der Waals surface area contributed by atoms with Gasteiger partial charge in [0, 0.05) is 6.54 Å². The molecule has 0 fully saturated rings. The Morgan fingerprint density at radius 1 is 1.29 bits per heavy atom. The summed E-state index contributed by atoms with van der Waals surface area (Å²) in [5.74, 6) is 0.125. The lowest BCUT2D eigenvalue weighted by molar-refractivity contribution is 0.597. The quantitative estimate of drug-likeness (QED) is 0.806. The fourth-order valence-corrected chi connectivity index (χ4v) is 2.10. The van der Waals surface area contributed by atoms with E-state index in [0.29, 0.717) is 11.4 Å². The van der Waals surface area contributed by atoms with Crippen LogP contribution in [0.25, 0.3) is 0 Å². The molecule has 0 spiro atoms. The SMILES string of the molecule is CCS(=O)(=O)c1ccc(CNCl)cc1. The van der Waals surface area contributed by atoms with Gasteiger partial charge in [0.1, 0.15) is 0 Å². The third kappa shape index (κ3) is 2.70. The van der Waals surface area contributed by atoms with Crippen molar-refractivity contribution < 1.29 is 8.42 Å². The Balaban J connectivity index is 2.94. The maximum absolute atomic E-state index is 11.4. The van der Waals surface area contributed by atoms with Gasteiger partial charge in [-0.3, -0.25) is 0 Å². The minimum atomic E-state index is -3.08. The van der Waals surface area contributed by atoms with Gasteiger partial charge in [-0.25, -0.2) is 13.3 Å². The molecule has 0 saturated heterocycles. The van der Waals surface area contributed by atoms with Crippen LogP contribution in [0.1, 0.15) is 12.5 Å². The highest BCUT2D eigenvalue weighted by Gasteiger charge is 2.10. The third-order valence-corrected chi connectivity index (χ3v) is 3.82. The fraction of sp³-hybridized carbons (Fsp3) is 0.333. The van der Waals surface area contributed by atoms with E-state index in [1.54, 1.807) is 31.2 Å². The predicted molar refractivity (Wildman–Crippen MR) is 56.9 cm³/mol. The second kappa shape index (κ2) is 4.77. The van der Waals surface area contributed by atoms with Crippen LogP contribution in [0, 0.1) is 0 Å². The molecule has 1 rings (SSSR count). The highest BCUT2D eigenvalue weighted by atomic mass is 35.5. The summed E-state index contributed by atoms with van der Waals surface area (Å²) in [6, 6.07) is 6.70. The first kappa shape index (κ1) is 11.5. The average molecular weight is 234 g/mol. The van der Waals surface area contributed by atoms with Crippen LogP contribution in [0.3, 0.4) is 0 Å². The van der Waals surface area contributed by atoms with Crippen LogP contribution in [0.5, 0.6) is 0 Å². The van der Waals surface area contributed by atoms with Crippen LogP contribution in [0.4, 0.5) is 0 Å². The highest BCUT2D eigenvalue weighted by molar-refractivity contribution is 7.91. The maximum Gasteiger partial charge on any atom is 0.178 e. The van der Waals surface area contributed by atoms with Crippen molar-refractivity contribution in [3.05, 3.63) is 29.8 Å². The van der Waals surface area contributed by atoms with Crippen LogP contribution in [0.2, 0.25) is 0 Å². The van der Waals surface area contributed by atoms with Crippen molar-refractivity contribution >= 4 is 21.6 Å². The normalized spacial score (nSPS) is 11.6. The zero-order valence-corrected chi connectivity index (χ0v) is 9.40. The number of hydrogen-bond acceptors (Lipinski definition) is 3. The Morgan fingerprint density at radius 2 is 1.86 bits per heavy atom. The number of halogens is 1. The van der Waals surface area contributed by atoms with Gasteiger partial charge >= 0.3 is 0 Å². The Labute approximate surface area is 89.1 Å². The molecule has 1 aromatic rings. The van der Waals surface area contributed by atoms with Crippen molar-refractivity contribution in [1.29, 1.82) is 0 Å². The third-order valence-electron chi connectivity index (χ3n) is 1.93. The summed E-state index contributed by atoms with van der Waals surface area (Å²) in [6.45, 7) is 2.15. The van der Waals surface area contributed by atoms with Gasteiger partial charge in [0.05, 0.1) is 10.6 Å². The number of benzene rings is 1. The second-order valence-corrected chi connectivity index (χ2v) is 5.40. The van der Waals surface area contributed by atoms with E-state index in [1.165, 1.54) is 0 Å². The van der Waals surface area contributed by atoms with Gasteiger partial charge < -0.3 is 0 Å². The van der Waals surface area contributed by atoms with Gasteiger partial charge in [-0.05, 0) is 29.5 Å². The Kier molecular flexibility index (Phi) is 3.92. The number of sulfone groups is 1. The van der Waals surface area contributed by atoms with E-state index < -0.39 is 9.84 Å². The van der Waals surface area contributed by atoms with E-state index >= 15 is 0 Å². The molecular formula is C9H12ClNO2S. The minimum absolute atomic E-state index is 0.125. The molecule has 0 bridgehead atoms. The van der Waals surface area contributed by atoms with Gasteiger partial charge in [0.2, 0.25) is 0 Å². The standard InChI is InChI=1S/C9H12ClNO2S/c1-2-14(12,13)9-5-3-8(4-6-9)7-11-10/h3-6,11H,2,7H2,1H3. The van der Waals surface area contributed by atoms with Crippen molar-refractivity contribution in [3.8, 4) is 0 Å². The highest BCUT2D eigenvalue weighted by Crippen LogP contribution is 2.12. The Morgan fingerprint density at radius 3 is 2.29 bits per heavy atom. The molecule has 0 heterocycles. The molecule has 0 saturated carbocycles. The van der Waals surface area contributed by atoms with Crippen LogP contribution in [-0.4, -0.2) is 14.2 Å². The molecule has 1 N–H and O–H groups in total. The van der Waals surface area contributed by atoms with Crippen LogP contribution >= 0.6 is 11.8 Å². The Bertz CT molecular complexity index is 386. The molecule has 0 amide bonds. The molecule has 0 atom stereocenters. The summed E-state index contributed by atoms with van der Waals surface area (Å²) in [6.07, 6.45) is 0. The van der Waals surface area contributed by atoms with E-state index in [4.69, 9.17) is 11.8 Å². The molecule has 0 aromatic heterocycles. The Hall–Kier alpha value is -0.580. The molecule has 0 radical (unpaired) electrons. The van der Waals surface area contributed by atoms with E-state index in [1.807, 2.05) is 0 Å². The van der Waals surface area contributed by atoms with Gasteiger partial charge in [0.15, 0.2) is 9.84 Å². The first-order valence-corrected chi connectivity index (χ1v) is 6.28. The molecule has 78 valence electrons. The zero-order valence-electron chi connectivity index (χ0n) is 7.83. The summed E-state index contributed by atoms with van der Waals surface area (Å²) in [7, 11) is -3.08. The molecule has 0 unspecified atom stereocenters. The summed E-state index contributed by atoms with van der Waals surface area (Å²) in [5.41, 5.74) is 0.954. The summed E-state index contributed by atoms with van der Waals surface area (Å²) in [5, 5.41) is 0. The molecule has 3 nitrogen and oxygen atoms in total. The molecule has 0 aliphatic heterocycles. The lowest BCUT2D eigenvalue weighted by Gasteiger charge is -2.02. The van der Waals surface area contributed by atoms with Gasteiger partial charge in [0.25, 0.3) is 0 Å². The van der Waals surface area contributed by atoms with Crippen molar-refractivity contribution in [2.24, 2.45) is 0 Å². The van der Waals surface area contributed by atoms with Crippen LogP contribution in [-0.2, 0) is 16.4 Å². The van der Waals surface area contributed by atoms with Gasteiger partial charge in [-0.15, -0.1) is 0 Å². The van der Waals surface area contributed by atoms with E-state index in [9.17, 15) is 8.42 Å². The number of hydrogen-bond donors (Lipinski definition) is 1. The average Bonchev–Trinajstić information content (AvgIpc) is 2.19. The predicted octanol–water partition coefficient (Wildman–Crippen LogP) is 1.72. The van der Waals surface area contributed by atoms with Crippen molar-refractivity contribution in [2.75, 3.05) is 5.75 Å². The smallest absolute Gasteiger partial charge is 0.178 e. The lowest BCUT2D eigenvalue weighted by Crippen LogP contribution is -2.04. The van der Waals surface area contributed by atoms with Gasteiger partial charge in [-0.1, -0.05) is 19.1 Å². The van der Waals surface area contributed by atoms with Gasteiger partial charge in [-0.2, -0.15) is 0 Å². The molecule has 0 aliphatic rings. The van der Waals surface area contributed by atoms with Crippen molar-refractivity contribution in [2.45, 2.75) is 18.4 Å². The molecule has 1 aromatic carbocycles. The van der Waals surface area contributed by atoms with E-state index in [-0.39, 0.29) is 5.75 Å².